The van der Waals surface area contributed by atoms with E-state index in [-0.39, 0.29) is 23.8 Å². The van der Waals surface area contributed by atoms with Crippen LogP contribution in [0.2, 0.25) is 10.0 Å². The molecule has 0 aliphatic carbocycles. The van der Waals surface area contributed by atoms with Crippen LogP contribution < -0.4 is 4.74 Å². The summed E-state index contributed by atoms with van der Waals surface area (Å²) in [6, 6.07) is 18.3. The summed E-state index contributed by atoms with van der Waals surface area (Å²) in [5.74, 6) is 0.933. The Hall–Kier alpha value is -3.86. The van der Waals surface area contributed by atoms with Crippen molar-refractivity contribution in [3.63, 3.8) is 0 Å². The molecule has 37 heavy (non-hydrogen) atoms. The fourth-order valence-electron chi connectivity index (χ4n) is 4.68. The molecule has 2 aromatic heterocycles. The average Bonchev–Trinajstić information content (AvgIpc) is 3.61. The zero-order chi connectivity index (χ0) is 25.9. The van der Waals surface area contributed by atoms with E-state index in [4.69, 9.17) is 37.6 Å². The Morgan fingerprint density at radius 2 is 1.92 bits per heavy atom. The van der Waals surface area contributed by atoms with E-state index in [0.29, 0.717) is 45.9 Å². The molecule has 1 saturated heterocycles. The third kappa shape index (κ3) is 5.31. The minimum absolute atomic E-state index is 0.0273. The minimum atomic E-state index is -0.272. The molecule has 1 fully saturated rings. The highest BCUT2D eigenvalue weighted by Gasteiger charge is 2.40. The number of carbonyl (C=O) groups excluding carboxylic acids is 1. The van der Waals surface area contributed by atoms with Crippen molar-refractivity contribution in [1.29, 1.82) is 5.26 Å². The Morgan fingerprint density at radius 3 is 2.57 bits per heavy atom. The number of oxazole rings is 1. The van der Waals surface area contributed by atoms with Crippen LogP contribution in [0, 0.1) is 17.2 Å². The number of rotatable bonds is 6. The maximum absolute atomic E-state index is 13.5. The number of nitrogens with zero attached hydrogens (tertiary/aromatic N) is 4. The van der Waals surface area contributed by atoms with Crippen molar-refractivity contribution >= 4 is 29.1 Å². The topological polar surface area (TPSA) is 92.2 Å². The van der Waals surface area contributed by atoms with E-state index in [1.807, 2.05) is 36.1 Å². The normalized spacial score (nSPS) is 17.8. The third-order valence-electron chi connectivity index (χ3n) is 6.65. The highest BCUT2D eigenvalue weighted by atomic mass is 35.5. The maximum atomic E-state index is 13.5. The summed E-state index contributed by atoms with van der Waals surface area (Å²) in [6.45, 7) is 2.96. The van der Waals surface area contributed by atoms with Crippen molar-refractivity contribution in [2.75, 3.05) is 13.1 Å². The van der Waals surface area contributed by atoms with Gasteiger partial charge in [-0.2, -0.15) is 5.26 Å². The van der Waals surface area contributed by atoms with Gasteiger partial charge in [0, 0.05) is 48.3 Å². The maximum Gasteiger partial charge on any atom is 0.253 e. The number of carbonyl (C=O) groups is 1. The molecule has 5 rings (SSSR count). The Bertz CT molecular complexity index is 1430. The van der Waals surface area contributed by atoms with Crippen molar-refractivity contribution in [2.45, 2.75) is 18.9 Å². The van der Waals surface area contributed by atoms with E-state index in [1.54, 1.807) is 36.5 Å². The van der Waals surface area contributed by atoms with Crippen molar-refractivity contribution in [2.24, 2.45) is 5.92 Å². The zero-order valence-corrected chi connectivity index (χ0v) is 21.4. The van der Waals surface area contributed by atoms with Crippen LogP contribution in [0.4, 0.5) is 0 Å². The molecule has 186 valence electrons. The van der Waals surface area contributed by atoms with Crippen LogP contribution in [0.15, 0.2) is 77.8 Å². The number of aromatic nitrogens is 2. The molecule has 1 aliphatic heterocycles. The van der Waals surface area contributed by atoms with E-state index in [1.165, 1.54) is 12.6 Å². The van der Waals surface area contributed by atoms with Crippen molar-refractivity contribution in [3.05, 3.63) is 100 Å². The van der Waals surface area contributed by atoms with Gasteiger partial charge in [-0.1, -0.05) is 41.4 Å². The Kier molecular flexibility index (Phi) is 7.13. The van der Waals surface area contributed by atoms with Gasteiger partial charge in [-0.3, -0.25) is 4.79 Å². The molecule has 0 N–H and O–H groups in total. The van der Waals surface area contributed by atoms with E-state index in [9.17, 15) is 4.79 Å². The van der Waals surface area contributed by atoms with Gasteiger partial charge >= 0.3 is 0 Å². The number of halogens is 2. The molecule has 0 radical (unpaired) electrons. The Labute approximate surface area is 224 Å². The number of benzene rings is 2. The summed E-state index contributed by atoms with van der Waals surface area (Å²) in [4.78, 5) is 23.5. The van der Waals surface area contributed by atoms with Gasteiger partial charge in [0.05, 0.1) is 21.8 Å². The molecule has 3 unspecified atom stereocenters. The van der Waals surface area contributed by atoms with E-state index >= 15 is 0 Å². The smallest absolute Gasteiger partial charge is 0.253 e. The monoisotopic (exact) mass is 532 g/mol. The van der Waals surface area contributed by atoms with Crippen LogP contribution in [0.1, 0.15) is 34.3 Å². The predicted molar refractivity (Wildman–Crippen MR) is 140 cm³/mol. The SMILES string of the molecule is CC(Oc1ccc(C#N)cn1)C1CN(C(=O)c2ccc(-c3cnco3)cc2)CC1c1ccc(Cl)c(Cl)c1. The Morgan fingerprint density at radius 1 is 1.11 bits per heavy atom. The van der Waals surface area contributed by atoms with E-state index in [0.717, 1.165) is 11.1 Å². The summed E-state index contributed by atoms with van der Waals surface area (Å²) < 4.78 is 11.5. The molecule has 0 saturated carbocycles. The van der Waals surface area contributed by atoms with Crippen LogP contribution in [-0.2, 0) is 0 Å². The van der Waals surface area contributed by atoms with Gasteiger partial charge < -0.3 is 14.1 Å². The number of likely N-dealkylation sites (tertiary alicyclic amines) is 1. The second-order valence-electron chi connectivity index (χ2n) is 8.92. The molecule has 1 amide bonds. The predicted octanol–water partition coefficient (Wildman–Crippen LogP) is 6.24. The number of ether oxygens (including phenoxy) is 1. The van der Waals surface area contributed by atoms with Crippen LogP contribution in [-0.4, -0.2) is 40.0 Å². The van der Waals surface area contributed by atoms with Crippen LogP contribution in [0.3, 0.4) is 0 Å². The number of nitriles is 1. The standard InChI is InChI=1S/C28H22Cl2N4O3/c1-17(37-27-9-2-18(11-31)12-33-27)22-14-34(15-23(22)21-7-8-24(29)25(30)10-21)28(35)20-5-3-19(4-6-20)26-13-32-16-36-26/h2-10,12-13,16-17,22-23H,14-15H2,1H3. The fourth-order valence-corrected chi connectivity index (χ4v) is 4.98. The first-order valence-corrected chi connectivity index (χ1v) is 12.4. The molecule has 9 heteroatoms. The minimum Gasteiger partial charge on any atom is -0.474 e. The lowest BCUT2D eigenvalue weighted by molar-refractivity contribution is 0.0769. The molecule has 7 nitrogen and oxygen atoms in total. The summed E-state index contributed by atoms with van der Waals surface area (Å²) in [5.41, 5.74) is 2.87. The molecule has 4 aromatic rings. The summed E-state index contributed by atoms with van der Waals surface area (Å²) >= 11 is 12.5. The fraction of sp³-hybridized carbons (Fsp3) is 0.214. The average molecular weight is 533 g/mol. The summed E-state index contributed by atoms with van der Waals surface area (Å²) in [7, 11) is 0. The molecule has 2 aromatic carbocycles. The summed E-state index contributed by atoms with van der Waals surface area (Å²) in [5, 5.41) is 9.97. The van der Waals surface area contributed by atoms with E-state index < -0.39 is 0 Å². The first-order chi connectivity index (χ1) is 17.9. The van der Waals surface area contributed by atoms with Gasteiger partial charge in [-0.05, 0) is 42.8 Å². The van der Waals surface area contributed by atoms with Gasteiger partial charge in [0.1, 0.15) is 12.2 Å². The highest BCUT2D eigenvalue weighted by Crippen LogP contribution is 2.39. The lowest BCUT2D eigenvalue weighted by Crippen LogP contribution is -2.32. The quantitative estimate of drug-likeness (QED) is 0.292. The van der Waals surface area contributed by atoms with Crippen LogP contribution >= 0.6 is 23.2 Å². The molecular weight excluding hydrogens is 511 g/mol. The molecule has 3 heterocycles. The number of pyridine rings is 1. The van der Waals surface area contributed by atoms with Crippen molar-refractivity contribution in [3.8, 4) is 23.3 Å². The number of hydrogen-bond acceptors (Lipinski definition) is 6. The third-order valence-corrected chi connectivity index (χ3v) is 7.39. The molecule has 1 aliphatic rings. The van der Waals surface area contributed by atoms with Gasteiger partial charge in [-0.25, -0.2) is 9.97 Å². The first kappa shape index (κ1) is 24.8. The molecule has 0 spiro atoms. The van der Waals surface area contributed by atoms with E-state index in [2.05, 4.69) is 16.0 Å². The van der Waals surface area contributed by atoms with Gasteiger partial charge in [-0.15, -0.1) is 0 Å². The first-order valence-electron chi connectivity index (χ1n) is 11.7. The second-order valence-corrected chi connectivity index (χ2v) is 9.73. The molecular formula is C28H22Cl2N4O3. The number of amides is 1. The van der Waals surface area contributed by atoms with Crippen LogP contribution in [0.25, 0.3) is 11.3 Å². The number of hydrogen-bond donors (Lipinski definition) is 0. The zero-order valence-electron chi connectivity index (χ0n) is 19.8. The lowest BCUT2D eigenvalue weighted by atomic mass is 9.86. The Balaban J connectivity index is 1.39. The molecule has 3 atom stereocenters. The second kappa shape index (κ2) is 10.6. The van der Waals surface area contributed by atoms with Gasteiger partial charge in [0.2, 0.25) is 5.88 Å². The molecule has 0 bridgehead atoms. The lowest BCUT2D eigenvalue weighted by Gasteiger charge is -2.25. The highest BCUT2D eigenvalue weighted by molar-refractivity contribution is 6.42. The van der Waals surface area contributed by atoms with Crippen molar-refractivity contribution < 1.29 is 13.9 Å². The van der Waals surface area contributed by atoms with Gasteiger partial charge in [0.15, 0.2) is 12.2 Å². The van der Waals surface area contributed by atoms with Crippen LogP contribution in [0.5, 0.6) is 5.88 Å². The summed E-state index contributed by atoms with van der Waals surface area (Å²) in [6.07, 6.45) is 4.21. The largest absolute Gasteiger partial charge is 0.474 e. The van der Waals surface area contributed by atoms with Gasteiger partial charge in [0.25, 0.3) is 5.91 Å². The van der Waals surface area contributed by atoms with Crippen molar-refractivity contribution in [1.82, 2.24) is 14.9 Å².